The lowest BCUT2D eigenvalue weighted by Crippen LogP contribution is -1.73. The van der Waals surface area contributed by atoms with Crippen molar-refractivity contribution in [3.63, 3.8) is 0 Å². The second-order valence-electron chi connectivity index (χ2n) is 1.73. The minimum absolute atomic E-state index is 0.491. The average Bonchev–Trinajstić information content (AvgIpc) is 1.97. The largest absolute Gasteiger partial charge is 0.301 e. The van der Waals surface area contributed by atoms with Crippen LogP contribution < -0.4 is 0 Å². The summed E-state index contributed by atoms with van der Waals surface area (Å²) in [5, 5.41) is 0. The lowest BCUT2D eigenvalue weighted by Gasteiger charge is -2.06. The van der Waals surface area contributed by atoms with Crippen molar-refractivity contribution in [2.45, 2.75) is 0 Å². The van der Waals surface area contributed by atoms with E-state index in [0.29, 0.717) is 11.5 Å². The molecule has 0 fully saturated rings. The van der Waals surface area contributed by atoms with Gasteiger partial charge in [0.2, 0.25) is 0 Å². The summed E-state index contributed by atoms with van der Waals surface area (Å²) in [5.74, 6) is 5.83. The van der Waals surface area contributed by atoms with Crippen molar-refractivity contribution in [2.75, 3.05) is 18.2 Å². The zero-order valence-corrected chi connectivity index (χ0v) is 8.77. The van der Waals surface area contributed by atoms with Crippen LogP contribution in [-0.4, -0.2) is 18.2 Å². The Labute approximate surface area is 76.0 Å². The molecule has 0 bridgehead atoms. The van der Waals surface area contributed by atoms with Gasteiger partial charge in [0.15, 0.2) is 5.55 Å². The van der Waals surface area contributed by atoms with Crippen LogP contribution in [0.15, 0.2) is 0 Å². The summed E-state index contributed by atoms with van der Waals surface area (Å²) >= 11 is 2.61. The maximum Gasteiger partial charge on any atom is 0.190 e. The topological polar surface area (TPSA) is 17.1 Å². The van der Waals surface area contributed by atoms with E-state index in [1.807, 2.05) is 0 Å². The van der Waals surface area contributed by atoms with Gasteiger partial charge >= 0.3 is 0 Å². The molecule has 0 unspecified atom stereocenters. The van der Waals surface area contributed by atoms with Crippen LogP contribution in [0.1, 0.15) is 0 Å². The quantitative estimate of drug-likeness (QED) is 0.517. The molecule has 0 rings (SSSR count). The Morgan fingerprint density at radius 1 is 1.27 bits per heavy atom. The lowest BCUT2D eigenvalue weighted by atomic mass is 10.8. The summed E-state index contributed by atoms with van der Waals surface area (Å²) in [5.41, 5.74) is -2.18. The van der Waals surface area contributed by atoms with Crippen molar-refractivity contribution in [2.24, 2.45) is 0 Å². The van der Waals surface area contributed by atoms with E-state index in [9.17, 15) is 4.57 Å². The van der Waals surface area contributed by atoms with Gasteiger partial charge in [0.25, 0.3) is 0 Å². The number of hydrogen-bond donors (Lipinski definition) is 0. The Morgan fingerprint density at radius 3 is 1.91 bits per heavy atom. The molecule has 1 nitrogen and oxygen atoms in total. The molecule has 0 spiro atoms. The predicted octanol–water partition coefficient (Wildman–Crippen LogP) is 2.54. The summed E-state index contributed by atoms with van der Waals surface area (Å²) in [7, 11) is 0. The molecule has 60 valence electrons. The molecule has 0 aromatic rings. The van der Waals surface area contributed by atoms with Gasteiger partial charge in [0, 0.05) is 6.66 Å². The molecule has 0 saturated heterocycles. The summed E-state index contributed by atoms with van der Waals surface area (Å²) in [6, 6.07) is 0. The normalized spacial score (nSPS) is 10.1. The summed E-state index contributed by atoms with van der Waals surface area (Å²) in [6.07, 6.45) is 10.0. The van der Waals surface area contributed by atoms with Crippen molar-refractivity contribution in [3.8, 4) is 24.7 Å². The van der Waals surface area contributed by atoms with Gasteiger partial charge in [-0.05, 0) is 0 Å². The van der Waals surface area contributed by atoms with Crippen LogP contribution in [0.2, 0.25) is 0 Å². The highest BCUT2D eigenvalue weighted by Crippen LogP contribution is 2.65. The van der Waals surface area contributed by atoms with Crippen molar-refractivity contribution in [3.05, 3.63) is 0 Å². The molecule has 0 amide bonds. The van der Waals surface area contributed by atoms with Gasteiger partial charge in [-0.3, -0.25) is 0 Å². The molecule has 0 heterocycles. The van der Waals surface area contributed by atoms with Gasteiger partial charge in [0.05, 0.1) is 11.5 Å². The second kappa shape index (κ2) is 5.67. The number of rotatable bonds is 4. The lowest BCUT2D eigenvalue weighted by molar-refractivity contribution is 0.597. The van der Waals surface area contributed by atoms with Crippen molar-refractivity contribution < 1.29 is 4.57 Å². The fourth-order valence-corrected chi connectivity index (χ4v) is 4.74. The van der Waals surface area contributed by atoms with E-state index in [4.69, 9.17) is 12.8 Å². The molecule has 0 atom stereocenters. The fraction of sp³-hybridized carbons (Fsp3) is 0.429. The molecule has 0 N–H and O–H groups in total. The smallest absolute Gasteiger partial charge is 0.190 e. The third-order valence-electron chi connectivity index (χ3n) is 0.765. The molecule has 0 aromatic heterocycles. The Morgan fingerprint density at radius 2 is 1.64 bits per heavy atom. The molecule has 11 heavy (non-hydrogen) atoms. The van der Waals surface area contributed by atoms with E-state index < -0.39 is 5.55 Å². The Balaban J connectivity index is 3.75. The first-order valence-electron chi connectivity index (χ1n) is 2.86. The zero-order valence-electron chi connectivity index (χ0n) is 6.24. The second-order valence-corrected chi connectivity index (χ2v) is 10.8. The maximum absolute atomic E-state index is 11.5. The van der Waals surface area contributed by atoms with Crippen LogP contribution in [0, 0.1) is 24.7 Å². The van der Waals surface area contributed by atoms with E-state index >= 15 is 0 Å². The Kier molecular flexibility index (Phi) is 5.69. The van der Waals surface area contributed by atoms with Crippen LogP contribution in [0.25, 0.3) is 0 Å². The molecule has 0 saturated carbocycles. The molecule has 0 aromatic carbocycles. The third-order valence-corrected chi connectivity index (χ3v) is 7.78. The molecule has 0 radical (unpaired) electrons. The maximum atomic E-state index is 11.5. The zero-order chi connectivity index (χ0) is 8.74. The van der Waals surface area contributed by atoms with E-state index in [1.165, 1.54) is 22.8 Å². The van der Waals surface area contributed by atoms with E-state index in [1.54, 1.807) is 6.66 Å². The highest BCUT2D eigenvalue weighted by atomic mass is 33.1. The van der Waals surface area contributed by atoms with Crippen molar-refractivity contribution in [1.29, 1.82) is 0 Å². The average molecular weight is 204 g/mol. The minimum Gasteiger partial charge on any atom is -0.301 e. The van der Waals surface area contributed by atoms with Crippen molar-refractivity contribution in [1.82, 2.24) is 0 Å². The SMILES string of the molecule is C#CCSP(C)(=O)SCC#C. The van der Waals surface area contributed by atoms with Gasteiger partial charge in [-0.1, -0.05) is 34.6 Å². The highest BCUT2D eigenvalue weighted by molar-refractivity contribution is 8.90. The Hall–Kier alpha value is 0.0500. The molecule has 4 heteroatoms. The standard InChI is InChI=1S/C7H9OPS2/c1-4-6-10-9(3,8)11-7-5-2/h1-2H,6-7H2,3H3. The first-order chi connectivity index (χ1) is 5.12. The van der Waals surface area contributed by atoms with Gasteiger partial charge in [-0.25, -0.2) is 0 Å². The van der Waals surface area contributed by atoms with Crippen LogP contribution >= 0.6 is 28.3 Å². The van der Waals surface area contributed by atoms with Crippen molar-refractivity contribution >= 4 is 28.3 Å². The fourth-order valence-electron chi connectivity index (χ4n) is 0.346. The van der Waals surface area contributed by atoms with E-state index in [2.05, 4.69) is 11.8 Å². The van der Waals surface area contributed by atoms with Gasteiger partial charge in [-0.15, -0.1) is 12.8 Å². The first-order valence-corrected chi connectivity index (χ1v) is 8.19. The first kappa shape index (κ1) is 11.1. The van der Waals surface area contributed by atoms with Crippen LogP contribution in [-0.2, 0) is 4.57 Å². The summed E-state index contributed by atoms with van der Waals surface area (Å²) < 4.78 is 11.5. The third kappa shape index (κ3) is 6.45. The van der Waals surface area contributed by atoms with E-state index in [-0.39, 0.29) is 0 Å². The van der Waals surface area contributed by atoms with Gasteiger partial charge in [-0.2, -0.15) is 0 Å². The molecular formula is C7H9OPS2. The van der Waals surface area contributed by atoms with Crippen LogP contribution in [0.5, 0.6) is 0 Å². The predicted molar refractivity (Wildman–Crippen MR) is 56.1 cm³/mol. The molecular weight excluding hydrogens is 195 g/mol. The molecule has 0 aliphatic heterocycles. The summed E-state index contributed by atoms with van der Waals surface area (Å²) in [4.78, 5) is 0. The molecule has 0 aliphatic rings. The van der Waals surface area contributed by atoms with Gasteiger partial charge in [0.1, 0.15) is 0 Å². The highest BCUT2D eigenvalue weighted by Gasteiger charge is 2.14. The number of terminal acetylenes is 2. The van der Waals surface area contributed by atoms with Crippen LogP contribution in [0.3, 0.4) is 0 Å². The minimum atomic E-state index is -2.18. The number of hydrogen-bond acceptors (Lipinski definition) is 3. The summed E-state index contributed by atoms with van der Waals surface area (Å²) in [6.45, 7) is 1.69. The van der Waals surface area contributed by atoms with E-state index in [0.717, 1.165) is 0 Å². The van der Waals surface area contributed by atoms with Gasteiger partial charge < -0.3 is 4.57 Å². The van der Waals surface area contributed by atoms with Crippen LogP contribution in [0.4, 0.5) is 0 Å². The Bertz CT molecular complexity index is 214. The molecule has 0 aliphatic carbocycles. The monoisotopic (exact) mass is 204 g/mol.